The number of hydrogen-bond acceptors (Lipinski definition) is 5. The molecule has 0 heterocycles. The first-order valence-corrected chi connectivity index (χ1v) is 11.3. The molecule has 0 aliphatic carbocycles. The third kappa shape index (κ3) is 8.13. The van der Waals surface area contributed by atoms with E-state index in [-0.39, 0.29) is 0 Å². The van der Waals surface area contributed by atoms with E-state index in [0.29, 0.717) is 11.3 Å². The van der Waals surface area contributed by atoms with Crippen LogP contribution in [0.25, 0.3) is 0 Å². The van der Waals surface area contributed by atoms with Gasteiger partial charge < -0.3 is 26.0 Å². The molecule has 9 heteroatoms. The third-order valence-corrected chi connectivity index (χ3v) is 5.14. The molecular weight excluding hydrogens is 448 g/mol. The fourth-order valence-corrected chi connectivity index (χ4v) is 3.53. The molecule has 4 amide bonds. The second kappa shape index (κ2) is 11.5. The van der Waals surface area contributed by atoms with Gasteiger partial charge in [0.2, 0.25) is 11.8 Å². The van der Waals surface area contributed by atoms with Gasteiger partial charge in [0, 0.05) is 12.7 Å². The Morgan fingerprint density at radius 1 is 1.03 bits per heavy atom. The standard InChI is InChI=1S/C26H34N4O5/c1-16-10-9-12-18(14-16)22(23(32)28-19-13-8-7-11-17(19)2)30(6)24(33)20(15-21(27)31)29-25(34)35-26(3,4)5/h7-14,20,22H,15H2,1-6H3,(H2,27,31)(H,28,32)(H,29,34). The minimum Gasteiger partial charge on any atom is -0.444 e. The Hall–Kier alpha value is -3.88. The van der Waals surface area contributed by atoms with Gasteiger partial charge in [-0.05, 0) is 51.8 Å². The SMILES string of the molecule is Cc1cccc(C(C(=O)Nc2ccccc2C)N(C)C(=O)C(CC(N)=O)NC(=O)OC(C)(C)C)c1. The largest absolute Gasteiger partial charge is 0.444 e. The smallest absolute Gasteiger partial charge is 0.408 e. The molecule has 0 spiro atoms. The van der Waals surface area contributed by atoms with Crippen LogP contribution >= 0.6 is 0 Å². The number of alkyl carbamates (subject to hydrolysis) is 1. The molecule has 0 aromatic heterocycles. The minimum absolute atomic E-state index is 0.448. The molecule has 0 fully saturated rings. The normalized spacial score (nSPS) is 12.7. The summed E-state index contributed by atoms with van der Waals surface area (Å²) in [6.07, 6.45) is -1.33. The molecular formula is C26H34N4O5. The lowest BCUT2D eigenvalue weighted by molar-refractivity contribution is -0.140. The van der Waals surface area contributed by atoms with Crippen LogP contribution in [0.2, 0.25) is 0 Å². The number of carbonyl (C=O) groups excluding carboxylic acids is 4. The van der Waals surface area contributed by atoms with Gasteiger partial charge in [0.15, 0.2) is 0 Å². The fourth-order valence-electron chi connectivity index (χ4n) is 3.53. The van der Waals surface area contributed by atoms with Crippen molar-refractivity contribution in [3.63, 3.8) is 0 Å². The number of hydrogen-bond donors (Lipinski definition) is 3. The van der Waals surface area contributed by atoms with E-state index in [2.05, 4.69) is 10.6 Å². The summed E-state index contributed by atoms with van der Waals surface area (Å²) in [6, 6.07) is 12.1. The Morgan fingerprint density at radius 2 is 1.69 bits per heavy atom. The van der Waals surface area contributed by atoms with Gasteiger partial charge in [-0.15, -0.1) is 0 Å². The van der Waals surface area contributed by atoms with Crippen molar-refractivity contribution < 1.29 is 23.9 Å². The van der Waals surface area contributed by atoms with Gasteiger partial charge in [0.05, 0.1) is 6.42 Å². The number of nitrogens with two attached hydrogens (primary N) is 1. The van der Waals surface area contributed by atoms with Crippen LogP contribution in [0.1, 0.15) is 49.9 Å². The predicted octanol–water partition coefficient (Wildman–Crippen LogP) is 3.21. The zero-order chi connectivity index (χ0) is 26.3. The van der Waals surface area contributed by atoms with E-state index in [0.717, 1.165) is 11.1 Å². The highest BCUT2D eigenvalue weighted by Crippen LogP contribution is 2.25. The van der Waals surface area contributed by atoms with Gasteiger partial charge in [0.1, 0.15) is 17.7 Å². The molecule has 0 aliphatic heterocycles. The lowest BCUT2D eigenvalue weighted by atomic mass is 10.0. The Kier molecular flexibility index (Phi) is 8.99. The molecule has 0 aliphatic rings. The third-order valence-electron chi connectivity index (χ3n) is 5.14. The molecule has 2 unspecified atom stereocenters. The summed E-state index contributed by atoms with van der Waals surface area (Å²) in [7, 11) is 1.44. The Morgan fingerprint density at radius 3 is 2.26 bits per heavy atom. The molecule has 0 saturated heterocycles. The molecule has 35 heavy (non-hydrogen) atoms. The highest BCUT2D eigenvalue weighted by molar-refractivity contribution is 6.00. The second-order valence-electron chi connectivity index (χ2n) is 9.44. The molecule has 188 valence electrons. The molecule has 0 saturated carbocycles. The number of para-hydroxylation sites is 1. The van der Waals surface area contributed by atoms with E-state index in [1.54, 1.807) is 51.1 Å². The molecule has 2 aromatic carbocycles. The second-order valence-corrected chi connectivity index (χ2v) is 9.44. The highest BCUT2D eigenvalue weighted by atomic mass is 16.6. The van der Waals surface area contributed by atoms with E-state index in [9.17, 15) is 19.2 Å². The first kappa shape index (κ1) is 27.4. The predicted molar refractivity (Wildman–Crippen MR) is 133 cm³/mol. The molecule has 2 aromatic rings. The first-order valence-electron chi connectivity index (χ1n) is 11.3. The van der Waals surface area contributed by atoms with Gasteiger partial charge >= 0.3 is 6.09 Å². The van der Waals surface area contributed by atoms with E-state index >= 15 is 0 Å². The molecule has 4 N–H and O–H groups in total. The summed E-state index contributed by atoms with van der Waals surface area (Å²) in [5.74, 6) is -1.90. The van der Waals surface area contributed by atoms with E-state index in [1.165, 1.54) is 11.9 Å². The van der Waals surface area contributed by atoms with Crippen LogP contribution in [0, 0.1) is 13.8 Å². The zero-order valence-electron chi connectivity index (χ0n) is 21.0. The maximum absolute atomic E-state index is 13.5. The quantitative estimate of drug-likeness (QED) is 0.532. The van der Waals surface area contributed by atoms with Crippen LogP contribution in [-0.2, 0) is 19.1 Å². The fraction of sp³-hybridized carbons (Fsp3) is 0.385. The topological polar surface area (TPSA) is 131 Å². The molecule has 0 radical (unpaired) electrons. The maximum Gasteiger partial charge on any atom is 0.408 e. The molecule has 9 nitrogen and oxygen atoms in total. The summed E-state index contributed by atoms with van der Waals surface area (Å²) < 4.78 is 5.23. The highest BCUT2D eigenvalue weighted by Gasteiger charge is 2.35. The summed E-state index contributed by atoms with van der Waals surface area (Å²) in [6.45, 7) is 8.76. The Bertz CT molecular complexity index is 1090. The van der Waals surface area contributed by atoms with Crippen molar-refractivity contribution in [3.05, 3.63) is 65.2 Å². The van der Waals surface area contributed by atoms with E-state index in [4.69, 9.17) is 10.5 Å². The van der Waals surface area contributed by atoms with E-state index in [1.807, 2.05) is 32.0 Å². The number of amides is 4. The summed E-state index contributed by atoms with van der Waals surface area (Å²) in [5.41, 5.74) is 7.46. The zero-order valence-corrected chi connectivity index (χ0v) is 21.0. The number of primary amides is 1. The summed E-state index contributed by atoms with van der Waals surface area (Å²) in [5, 5.41) is 5.30. The minimum atomic E-state index is -1.31. The van der Waals surface area contributed by atoms with Crippen molar-refractivity contribution in [2.24, 2.45) is 5.73 Å². The van der Waals surface area contributed by atoms with Crippen LogP contribution in [0.4, 0.5) is 10.5 Å². The lowest BCUT2D eigenvalue weighted by Gasteiger charge is -2.31. The number of nitrogens with one attached hydrogen (secondary N) is 2. The van der Waals surface area contributed by atoms with Crippen LogP contribution in [-0.4, -0.2) is 47.4 Å². The number of nitrogens with zero attached hydrogens (tertiary/aromatic N) is 1. The monoisotopic (exact) mass is 482 g/mol. The number of rotatable bonds is 8. The van der Waals surface area contributed by atoms with Gasteiger partial charge in [-0.25, -0.2) is 4.79 Å². The number of ether oxygens (including phenoxy) is 1. The van der Waals surface area contributed by atoms with Crippen molar-refractivity contribution in [3.8, 4) is 0 Å². The molecule has 2 rings (SSSR count). The van der Waals surface area contributed by atoms with E-state index < -0.39 is 47.9 Å². The van der Waals surface area contributed by atoms with Crippen molar-refractivity contribution in [1.29, 1.82) is 0 Å². The number of carbonyl (C=O) groups is 4. The van der Waals surface area contributed by atoms with Crippen LogP contribution in [0.5, 0.6) is 0 Å². The molecule has 2 atom stereocenters. The Balaban J connectivity index is 2.40. The van der Waals surface area contributed by atoms with Crippen molar-refractivity contribution in [1.82, 2.24) is 10.2 Å². The number of anilines is 1. The van der Waals surface area contributed by atoms with Crippen LogP contribution in [0.3, 0.4) is 0 Å². The van der Waals surface area contributed by atoms with Crippen molar-refractivity contribution >= 4 is 29.5 Å². The maximum atomic E-state index is 13.5. The average Bonchev–Trinajstić information content (AvgIpc) is 2.73. The average molecular weight is 483 g/mol. The lowest BCUT2D eigenvalue weighted by Crippen LogP contribution is -2.52. The summed E-state index contributed by atoms with van der Waals surface area (Å²) >= 11 is 0. The molecule has 0 bridgehead atoms. The summed E-state index contributed by atoms with van der Waals surface area (Å²) in [4.78, 5) is 52.2. The van der Waals surface area contributed by atoms with Crippen LogP contribution < -0.4 is 16.4 Å². The first-order chi connectivity index (χ1) is 16.3. The van der Waals surface area contributed by atoms with Gasteiger partial charge in [-0.1, -0.05) is 48.0 Å². The van der Waals surface area contributed by atoms with Gasteiger partial charge in [-0.2, -0.15) is 0 Å². The Labute approximate surface area is 206 Å². The number of aryl methyl sites for hydroxylation is 2. The van der Waals surface area contributed by atoms with Crippen LogP contribution in [0.15, 0.2) is 48.5 Å². The number of likely N-dealkylation sites (N-methyl/N-ethyl adjacent to an activating group) is 1. The van der Waals surface area contributed by atoms with Gasteiger partial charge in [-0.3, -0.25) is 14.4 Å². The van der Waals surface area contributed by atoms with Gasteiger partial charge in [0.25, 0.3) is 5.91 Å². The van der Waals surface area contributed by atoms with Crippen molar-refractivity contribution in [2.75, 3.05) is 12.4 Å². The van der Waals surface area contributed by atoms with Crippen molar-refractivity contribution in [2.45, 2.75) is 58.7 Å². The number of benzene rings is 2.